The van der Waals surface area contributed by atoms with Gasteiger partial charge in [-0.2, -0.15) is 0 Å². The zero-order chi connectivity index (χ0) is 17.5. The topological polar surface area (TPSA) is 42.8 Å². The zero-order valence-corrected chi connectivity index (χ0v) is 15.6. The molecule has 3 rings (SSSR count). The molecule has 1 aromatic heterocycles. The van der Waals surface area contributed by atoms with Gasteiger partial charge in [-0.1, -0.05) is 36.4 Å². The Labute approximate surface area is 153 Å². The minimum atomic E-state index is 0.0272. The minimum absolute atomic E-state index is 0.0272. The predicted molar refractivity (Wildman–Crippen MR) is 101 cm³/mol. The number of ether oxygens (including phenoxy) is 1. The molecule has 0 aliphatic carbocycles. The molecule has 1 fully saturated rings. The van der Waals surface area contributed by atoms with E-state index in [0.29, 0.717) is 6.54 Å². The summed E-state index contributed by atoms with van der Waals surface area (Å²) in [5.41, 5.74) is 1.13. The van der Waals surface area contributed by atoms with Crippen LogP contribution in [-0.4, -0.2) is 31.7 Å². The van der Waals surface area contributed by atoms with Gasteiger partial charge in [0.05, 0.1) is 10.9 Å². The minimum Gasteiger partial charge on any atom is -0.372 e. The van der Waals surface area contributed by atoms with Crippen molar-refractivity contribution in [1.29, 1.82) is 0 Å². The summed E-state index contributed by atoms with van der Waals surface area (Å²) in [6.07, 6.45) is 2.53. The van der Waals surface area contributed by atoms with Crippen LogP contribution in [0.3, 0.4) is 0 Å². The van der Waals surface area contributed by atoms with E-state index in [1.54, 1.807) is 11.3 Å². The van der Waals surface area contributed by atoms with E-state index < -0.39 is 0 Å². The molecule has 1 aliphatic heterocycles. The summed E-state index contributed by atoms with van der Waals surface area (Å²) in [6, 6.07) is 14.3. The number of rotatable bonds is 8. The first-order valence-corrected chi connectivity index (χ1v) is 9.90. The number of hydrogen-bond donors (Lipinski definition) is 2. The van der Waals surface area contributed by atoms with Gasteiger partial charge in [0.2, 0.25) is 0 Å². The molecular weight excluding hydrogens is 332 g/mol. The summed E-state index contributed by atoms with van der Waals surface area (Å²) in [5, 5.41) is 5.23. The fraction of sp³-hybridized carbons (Fsp3) is 0.450. The maximum absolute atomic E-state index is 12.6. The maximum atomic E-state index is 12.6. The van der Waals surface area contributed by atoms with Gasteiger partial charge in [0.15, 0.2) is 6.54 Å². The molecule has 3 atom stereocenters. The highest BCUT2D eigenvalue weighted by molar-refractivity contribution is 7.09. The van der Waals surface area contributed by atoms with E-state index in [1.807, 2.05) is 37.3 Å². The number of hydrogen-bond acceptors (Lipinski definition) is 3. The highest BCUT2D eigenvalue weighted by atomic mass is 32.1. The molecule has 2 aromatic rings. The van der Waals surface area contributed by atoms with Crippen molar-refractivity contribution in [2.24, 2.45) is 0 Å². The fourth-order valence-electron chi connectivity index (χ4n) is 3.34. The van der Waals surface area contributed by atoms with Crippen molar-refractivity contribution in [3.8, 4) is 0 Å². The van der Waals surface area contributed by atoms with Gasteiger partial charge in [0.1, 0.15) is 19.2 Å². The quantitative estimate of drug-likeness (QED) is 0.759. The molecule has 134 valence electrons. The van der Waals surface area contributed by atoms with E-state index in [1.165, 1.54) is 9.78 Å². The number of amides is 1. The number of thiophene rings is 1. The van der Waals surface area contributed by atoms with Gasteiger partial charge >= 0.3 is 0 Å². The van der Waals surface area contributed by atoms with Crippen LogP contribution in [0.2, 0.25) is 0 Å². The molecule has 0 saturated carbocycles. The van der Waals surface area contributed by atoms with Gasteiger partial charge < -0.3 is 15.0 Å². The van der Waals surface area contributed by atoms with E-state index >= 15 is 0 Å². The van der Waals surface area contributed by atoms with Crippen molar-refractivity contribution in [2.75, 3.05) is 19.7 Å². The molecule has 0 spiro atoms. The van der Waals surface area contributed by atoms with E-state index in [2.05, 4.69) is 22.8 Å². The Morgan fingerprint density at radius 1 is 1.32 bits per heavy atom. The molecule has 2 heterocycles. The lowest BCUT2D eigenvalue weighted by Crippen LogP contribution is -3.13. The maximum Gasteiger partial charge on any atom is 0.275 e. The molecule has 2 N–H and O–H groups in total. The molecule has 1 unspecified atom stereocenters. The van der Waals surface area contributed by atoms with Crippen LogP contribution in [0.1, 0.15) is 36.2 Å². The smallest absolute Gasteiger partial charge is 0.275 e. The Kier molecular flexibility index (Phi) is 6.62. The molecule has 0 bridgehead atoms. The van der Waals surface area contributed by atoms with Crippen molar-refractivity contribution >= 4 is 17.2 Å². The Morgan fingerprint density at radius 2 is 2.16 bits per heavy atom. The third kappa shape index (κ3) is 5.66. The van der Waals surface area contributed by atoms with Gasteiger partial charge in [0, 0.05) is 6.61 Å². The fourth-order valence-corrected chi connectivity index (χ4v) is 4.11. The second-order valence-electron chi connectivity index (χ2n) is 6.72. The molecule has 4 nitrogen and oxygen atoms in total. The summed E-state index contributed by atoms with van der Waals surface area (Å²) in [5.74, 6) is 0.0981. The number of carbonyl (C=O) groups excluding carboxylic acids is 1. The van der Waals surface area contributed by atoms with Crippen LogP contribution >= 0.6 is 11.3 Å². The van der Waals surface area contributed by atoms with Crippen molar-refractivity contribution in [1.82, 2.24) is 5.32 Å². The second kappa shape index (κ2) is 9.13. The average Bonchev–Trinajstić information content (AvgIpc) is 3.29. The molecule has 1 aliphatic rings. The van der Waals surface area contributed by atoms with E-state index in [-0.39, 0.29) is 18.1 Å². The Hall–Kier alpha value is -1.69. The van der Waals surface area contributed by atoms with Crippen LogP contribution in [0.15, 0.2) is 47.8 Å². The summed E-state index contributed by atoms with van der Waals surface area (Å²) in [6.45, 7) is 5.14. The van der Waals surface area contributed by atoms with Gasteiger partial charge in [-0.3, -0.25) is 4.79 Å². The number of nitrogens with one attached hydrogen (secondary N) is 2. The first-order valence-electron chi connectivity index (χ1n) is 9.02. The van der Waals surface area contributed by atoms with E-state index in [4.69, 9.17) is 4.74 Å². The van der Waals surface area contributed by atoms with Crippen LogP contribution in [0.5, 0.6) is 0 Å². The molecule has 5 heteroatoms. The third-order valence-electron chi connectivity index (χ3n) is 4.63. The van der Waals surface area contributed by atoms with E-state index in [0.717, 1.165) is 38.1 Å². The molecular formula is C20H27N2O2S+. The monoisotopic (exact) mass is 359 g/mol. The van der Waals surface area contributed by atoms with Crippen molar-refractivity contribution < 1.29 is 14.4 Å². The molecule has 25 heavy (non-hydrogen) atoms. The Balaban J connectivity index is 1.57. The van der Waals surface area contributed by atoms with Crippen LogP contribution in [0.4, 0.5) is 0 Å². The van der Waals surface area contributed by atoms with Gasteiger partial charge in [0.25, 0.3) is 5.91 Å². The summed E-state index contributed by atoms with van der Waals surface area (Å²) in [7, 11) is 0. The lowest BCUT2D eigenvalue weighted by Gasteiger charge is -2.22. The van der Waals surface area contributed by atoms with Crippen molar-refractivity contribution in [2.45, 2.75) is 38.5 Å². The number of benzene rings is 1. The molecule has 0 radical (unpaired) electrons. The van der Waals surface area contributed by atoms with Crippen LogP contribution in [-0.2, 0) is 16.1 Å². The lowest BCUT2D eigenvalue weighted by molar-refractivity contribution is -0.908. The van der Waals surface area contributed by atoms with Gasteiger partial charge in [-0.15, -0.1) is 11.3 Å². The van der Waals surface area contributed by atoms with Crippen molar-refractivity contribution in [3.05, 3.63) is 58.3 Å². The third-order valence-corrected chi connectivity index (χ3v) is 5.51. The first-order chi connectivity index (χ1) is 12.2. The summed E-state index contributed by atoms with van der Waals surface area (Å²) in [4.78, 5) is 15.2. The Morgan fingerprint density at radius 3 is 2.84 bits per heavy atom. The Bertz CT molecular complexity index is 639. The van der Waals surface area contributed by atoms with E-state index in [9.17, 15) is 4.79 Å². The molecule has 1 aromatic carbocycles. The predicted octanol–water partition coefficient (Wildman–Crippen LogP) is 2.19. The second-order valence-corrected chi connectivity index (χ2v) is 7.75. The van der Waals surface area contributed by atoms with Gasteiger partial charge in [-0.25, -0.2) is 0 Å². The van der Waals surface area contributed by atoms with Gasteiger partial charge in [-0.05, 0) is 36.8 Å². The largest absolute Gasteiger partial charge is 0.372 e. The SMILES string of the molecule is C[C@@H](NC(=O)C[NH+](Cc1cccs1)C[C@@H]1CCCO1)c1ccccc1. The average molecular weight is 360 g/mol. The number of carbonyl (C=O) groups is 1. The molecule has 1 saturated heterocycles. The van der Waals surface area contributed by atoms with Crippen molar-refractivity contribution in [3.63, 3.8) is 0 Å². The summed E-state index contributed by atoms with van der Waals surface area (Å²) >= 11 is 1.75. The summed E-state index contributed by atoms with van der Waals surface area (Å²) < 4.78 is 5.79. The first kappa shape index (κ1) is 18.1. The molecule has 1 amide bonds. The zero-order valence-electron chi connectivity index (χ0n) is 14.7. The standard InChI is InChI=1S/C20H26N2O2S/c1-16(17-7-3-2-4-8-17)21-20(23)15-22(13-18-9-5-11-24-18)14-19-10-6-12-25-19/h2-4,6-8,10,12,16,18H,5,9,11,13-15H2,1H3,(H,21,23)/p+1/t16-,18+/m1/s1. The lowest BCUT2D eigenvalue weighted by atomic mass is 10.1. The number of quaternary nitrogens is 1. The van der Waals surface area contributed by atoms with Crippen LogP contribution in [0, 0.1) is 0 Å². The highest BCUT2D eigenvalue weighted by Gasteiger charge is 2.24. The normalized spacial score (nSPS) is 19.5. The highest BCUT2D eigenvalue weighted by Crippen LogP contribution is 2.12. The van der Waals surface area contributed by atoms with Crippen LogP contribution < -0.4 is 10.2 Å². The van der Waals surface area contributed by atoms with Crippen LogP contribution in [0.25, 0.3) is 0 Å².